The third-order valence-electron chi connectivity index (χ3n) is 5.84. The Labute approximate surface area is 187 Å². The highest BCUT2D eigenvalue weighted by atomic mass is 16.7. The van der Waals surface area contributed by atoms with Crippen LogP contribution in [0.2, 0.25) is 0 Å². The van der Waals surface area contributed by atoms with Crippen molar-refractivity contribution in [2.24, 2.45) is 0 Å². The zero-order valence-corrected chi connectivity index (χ0v) is 18.7. The molecule has 1 amide bonds. The van der Waals surface area contributed by atoms with E-state index in [2.05, 4.69) is 15.4 Å². The summed E-state index contributed by atoms with van der Waals surface area (Å²) in [6.07, 6.45) is 4.78. The van der Waals surface area contributed by atoms with Crippen LogP contribution in [0, 0.1) is 0 Å². The quantitative estimate of drug-likeness (QED) is 0.596. The van der Waals surface area contributed by atoms with Crippen LogP contribution in [0.3, 0.4) is 0 Å². The van der Waals surface area contributed by atoms with Crippen molar-refractivity contribution in [1.29, 1.82) is 0 Å². The second-order valence-corrected chi connectivity index (χ2v) is 8.70. The molecule has 1 N–H and O–H groups in total. The number of aromatic nitrogens is 3. The van der Waals surface area contributed by atoms with E-state index in [1.807, 2.05) is 76.2 Å². The Morgan fingerprint density at radius 2 is 1.84 bits per heavy atom. The third-order valence-corrected chi connectivity index (χ3v) is 5.84. The molecule has 0 bridgehead atoms. The molecular formula is C23H27BN4O4. The van der Waals surface area contributed by atoms with E-state index in [0.717, 1.165) is 22.4 Å². The number of carbonyl (C=O) groups is 1. The minimum absolute atomic E-state index is 0.185. The number of amides is 1. The van der Waals surface area contributed by atoms with Crippen LogP contribution in [0.25, 0.3) is 11.7 Å². The number of fused-ring (bicyclic) bond motifs is 1. The van der Waals surface area contributed by atoms with Gasteiger partial charge in [-0.15, -0.1) is 0 Å². The monoisotopic (exact) mass is 434 g/mol. The predicted molar refractivity (Wildman–Crippen MR) is 122 cm³/mol. The molecule has 1 aliphatic rings. The van der Waals surface area contributed by atoms with Crippen LogP contribution in [-0.2, 0) is 20.7 Å². The fraction of sp³-hybridized carbons (Fsp3) is 0.348. The molecule has 8 nitrogen and oxygen atoms in total. The van der Waals surface area contributed by atoms with Crippen LogP contribution < -0.4 is 5.32 Å². The van der Waals surface area contributed by atoms with Gasteiger partial charge in [-0.25, -0.2) is 14.3 Å². The van der Waals surface area contributed by atoms with Gasteiger partial charge in [-0.3, -0.25) is 0 Å². The Morgan fingerprint density at radius 1 is 1.12 bits per heavy atom. The average Bonchev–Trinajstić information content (AvgIpc) is 3.27. The highest BCUT2D eigenvalue weighted by molar-refractivity contribution is 6.56. The van der Waals surface area contributed by atoms with E-state index in [9.17, 15) is 4.79 Å². The SMILES string of the molecule is CC1(C)OB(C(=Cc2cnc3cccnn23)CNC(=O)OCc2ccccc2)OC1(C)C. The number of carbonyl (C=O) groups excluding carboxylic acids is 1. The van der Waals surface area contributed by atoms with E-state index >= 15 is 0 Å². The first-order valence-electron chi connectivity index (χ1n) is 10.5. The van der Waals surface area contributed by atoms with Crippen molar-refractivity contribution in [2.75, 3.05) is 6.54 Å². The highest BCUT2D eigenvalue weighted by Crippen LogP contribution is 2.38. The van der Waals surface area contributed by atoms with E-state index in [1.54, 1.807) is 16.9 Å². The Bertz CT molecular complexity index is 1110. The first-order chi connectivity index (χ1) is 15.2. The van der Waals surface area contributed by atoms with Crippen molar-refractivity contribution < 1.29 is 18.8 Å². The number of ether oxygens (including phenoxy) is 1. The van der Waals surface area contributed by atoms with Crippen molar-refractivity contribution in [2.45, 2.75) is 45.5 Å². The lowest BCUT2D eigenvalue weighted by Gasteiger charge is -2.32. The molecule has 0 atom stereocenters. The second-order valence-electron chi connectivity index (χ2n) is 8.70. The maximum Gasteiger partial charge on any atom is 0.492 e. The number of hydrogen-bond donors (Lipinski definition) is 1. The van der Waals surface area contributed by atoms with Crippen LogP contribution in [0.4, 0.5) is 4.79 Å². The third kappa shape index (κ3) is 4.68. The summed E-state index contributed by atoms with van der Waals surface area (Å²) in [5, 5.41) is 7.16. The lowest BCUT2D eigenvalue weighted by Crippen LogP contribution is -2.41. The van der Waals surface area contributed by atoms with E-state index in [0.29, 0.717) is 0 Å². The molecule has 1 fully saturated rings. The van der Waals surface area contributed by atoms with Gasteiger partial charge in [0.25, 0.3) is 0 Å². The van der Waals surface area contributed by atoms with E-state index < -0.39 is 24.4 Å². The van der Waals surface area contributed by atoms with Gasteiger partial charge in [-0.1, -0.05) is 30.3 Å². The molecule has 0 radical (unpaired) electrons. The summed E-state index contributed by atoms with van der Waals surface area (Å²) in [4.78, 5) is 16.7. The molecule has 2 aromatic heterocycles. The zero-order valence-electron chi connectivity index (χ0n) is 18.7. The van der Waals surface area contributed by atoms with Gasteiger partial charge in [-0.05, 0) is 56.9 Å². The Morgan fingerprint density at radius 3 is 2.56 bits per heavy atom. The number of nitrogens with one attached hydrogen (secondary N) is 1. The molecule has 9 heteroatoms. The lowest BCUT2D eigenvalue weighted by molar-refractivity contribution is 0.00578. The second kappa shape index (κ2) is 8.76. The maximum absolute atomic E-state index is 12.3. The first kappa shape index (κ1) is 22.0. The van der Waals surface area contributed by atoms with Gasteiger partial charge in [0.1, 0.15) is 6.61 Å². The van der Waals surface area contributed by atoms with Crippen LogP contribution in [0.1, 0.15) is 39.0 Å². The standard InChI is InChI=1S/C23H27BN4O4/c1-22(2)23(3,4)32-24(31-22)18(13-19-15-25-20-11-8-12-27-28(19)20)14-26-21(29)30-16-17-9-6-5-7-10-17/h5-13,15H,14,16H2,1-4H3,(H,26,29). The normalized spacial score (nSPS) is 17.5. The summed E-state index contributed by atoms with van der Waals surface area (Å²) in [6, 6.07) is 13.2. The molecule has 1 aromatic carbocycles. The summed E-state index contributed by atoms with van der Waals surface area (Å²) in [7, 11) is -0.635. The summed E-state index contributed by atoms with van der Waals surface area (Å²) >= 11 is 0. The molecule has 4 rings (SSSR count). The van der Waals surface area contributed by atoms with Crippen molar-refractivity contribution in [3.05, 3.63) is 71.6 Å². The van der Waals surface area contributed by atoms with Gasteiger partial charge >= 0.3 is 13.2 Å². The minimum Gasteiger partial charge on any atom is -0.445 e. The number of hydrogen-bond acceptors (Lipinski definition) is 6. The van der Waals surface area contributed by atoms with E-state index in [-0.39, 0.29) is 13.2 Å². The van der Waals surface area contributed by atoms with Crippen molar-refractivity contribution in [3.8, 4) is 0 Å². The first-order valence-corrected chi connectivity index (χ1v) is 10.5. The molecular weight excluding hydrogens is 407 g/mol. The summed E-state index contributed by atoms with van der Waals surface area (Å²) in [6.45, 7) is 8.33. The summed E-state index contributed by atoms with van der Waals surface area (Å²) in [5.74, 6) is 0. The molecule has 3 aromatic rings. The topological polar surface area (TPSA) is 87.0 Å². The molecule has 0 spiro atoms. The summed E-state index contributed by atoms with van der Waals surface area (Å²) in [5.41, 5.74) is 2.10. The number of alkyl carbamates (subject to hydrolysis) is 1. The lowest BCUT2D eigenvalue weighted by atomic mass is 9.77. The fourth-order valence-corrected chi connectivity index (χ4v) is 3.28. The number of nitrogens with zero attached hydrogens (tertiary/aromatic N) is 3. The highest BCUT2D eigenvalue weighted by Gasteiger charge is 2.52. The zero-order chi connectivity index (χ0) is 22.8. The molecule has 32 heavy (non-hydrogen) atoms. The molecule has 0 unspecified atom stereocenters. The largest absolute Gasteiger partial charge is 0.492 e. The van der Waals surface area contributed by atoms with Gasteiger partial charge in [-0.2, -0.15) is 5.10 Å². The van der Waals surface area contributed by atoms with Crippen LogP contribution in [0.5, 0.6) is 0 Å². The van der Waals surface area contributed by atoms with Crippen LogP contribution in [-0.4, -0.2) is 45.6 Å². The van der Waals surface area contributed by atoms with Crippen LogP contribution >= 0.6 is 0 Å². The smallest absolute Gasteiger partial charge is 0.445 e. The Balaban J connectivity index is 1.52. The van der Waals surface area contributed by atoms with Crippen molar-refractivity contribution >= 4 is 24.9 Å². The number of imidazole rings is 1. The molecule has 166 valence electrons. The van der Waals surface area contributed by atoms with Crippen molar-refractivity contribution in [3.63, 3.8) is 0 Å². The van der Waals surface area contributed by atoms with Gasteiger partial charge in [0.15, 0.2) is 5.65 Å². The average molecular weight is 434 g/mol. The molecule has 0 aliphatic carbocycles. The van der Waals surface area contributed by atoms with Gasteiger partial charge < -0.3 is 19.4 Å². The Kier molecular flexibility index (Phi) is 6.03. The number of benzene rings is 1. The molecule has 0 saturated carbocycles. The predicted octanol–water partition coefficient (Wildman–Crippen LogP) is 3.67. The summed E-state index contributed by atoms with van der Waals surface area (Å²) < 4.78 is 19.5. The molecule has 1 saturated heterocycles. The molecule has 1 aliphatic heterocycles. The minimum atomic E-state index is -0.635. The Hall–Kier alpha value is -3.17. The van der Waals surface area contributed by atoms with E-state index in [1.165, 1.54) is 0 Å². The van der Waals surface area contributed by atoms with Gasteiger partial charge in [0, 0.05) is 12.7 Å². The van der Waals surface area contributed by atoms with Gasteiger partial charge in [0.2, 0.25) is 0 Å². The maximum atomic E-state index is 12.3. The van der Waals surface area contributed by atoms with Gasteiger partial charge in [0.05, 0.1) is 23.1 Å². The van der Waals surface area contributed by atoms with Crippen LogP contribution in [0.15, 0.2) is 60.3 Å². The molecule has 3 heterocycles. The number of rotatable bonds is 6. The fourth-order valence-electron chi connectivity index (χ4n) is 3.28. The van der Waals surface area contributed by atoms with E-state index in [4.69, 9.17) is 14.0 Å². The van der Waals surface area contributed by atoms with Crippen molar-refractivity contribution in [1.82, 2.24) is 19.9 Å².